The Morgan fingerprint density at radius 3 is 2.56 bits per heavy atom. The van der Waals surface area contributed by atoms with Gasteiger partial charge < -0.3 is 14.6 Å². The van der Waals surface area contributed by atoms with Gasteiger partial charge in [0.2, 0.25) is 0 Å². The van der Waals surface area contributed by atoms with Crippen molar-refractivity contribution in [3.05, 3.63) is 42.7 Å². The first kappa shape index (κ1) is 20.8. The van der Waals surface area contributed by atoms with E-state index in [4.69, 9.17) is 14.7 Å². The zero-order valence-electron chi connectivity index (χ0n) is 18.7. The number of morpholine rings is 1. The van der Waals surface area contributed by atoms with Gasteiger partial charge in [-0.05, 0) is 32.9 Å². The number of ether oxygens (including phenoxy) is 1. The minimum absolute atomic E-state index is 0.248. The molecule has 0 radical (unpaired) electrons. The molecule has 0 unspecified atom stereocenters. The molecule has 0 saturated carbocycles. The largest absolute Gasteiger partial charge is 0.379 e. The van der Waals surface area contributed by atoms with Crippen LogP contribution in [-0.2, 0) is 11.3 Å². The van der Waals surface area contributed by atoms with E-state index in [1.807, 2.05) is 16.8 Å². The number of imidazole rings is 2. The van der Waals surface area contributed by atoms with Crippen molar-refractivity contribution >= 4 is 22.6 Å². The number of anilines is 1. The highest BCUT2D eigenvalue weighted by molar-refractivity contribution is 5.90. The van der Waals surface area contributed by atoms with E-state index < -0.39 is 0 Å². The first-order valence-corrected chi connectivity index (χ1v) is 11.0. The van der Waals surface area contributed by atoms with Gasteiger partial charge >= 0.3 is 0 Å². The maximum atomic E-state index is 14.7. The molecule has 0 atom stereocenters. The Balaban J connectivity index is 1.58. The Labute approximate surface area is 186 Å². The van der Waals surface area contributed by atoms with Crippen molar-refractivity contribution in [2.45, 2.75) is 32.9 Å². The van der Waals surface area contributed by atoms with Crippen LogP contribution < -0.4 is 5.32 Å². The van der Waals surface area contributed by atoms with Crippen LogP contribution in [0.2, 0.25) is 0 Å². The lowest BCUT2D eigenvalue weighted by Gasteiger charge is -2.26. The van der Waals surface area contributed by atoms with Crippen LogP contribution >= 0.6 is 0 Å². The predicted molar refractivity (Wildman–Crippen MR) is 122 cm³/mol. The number of hydrogen-bond acceptors (Lipinski definition) is 6. The number of benzene rings is 1. The zero-order chi connectivity index (χ0) is 22.3. The second-order valence-corrected chi connectivity index (χ2v) is 9.17. The molecular formula is C23H28FN7O. The predicted octanol–water partition coefficient (Wildman–Crippen LogP) is 3.43. The van der Waals surface area contributed by atoms with Gasteiger partial charge in [-0.25, -0.2) is 19.3 Å². The number of fused-ring (bicyclic) bond motifs is 3. The second kappa shape index (κ2) is 8.14. The van der Waals surface area contributed by atoms with Crippen molar-refractivity contribution in [2.75, 3.05) is 38.2 Å². The molecule has 0 spiro atoms. The quantitative estimate of drug-likeness (QED) is 0.516. The van der Waals surface area contributed by atoms with E-state index >= 15 is 0 Å². The van der Waals surface area contributed by atoms with Crippen LogP contribution in [0.4, 0.5) is 10.2 Å². The molecule has 3 aromatic heterocycles. The molecule has 4 aromatic rings. The third-order valence-electron chi connectivity index (χ3n) is 5.61. The molecule has 168 valence electrons. The fourth-order valence-electron chi connectivity index (χ4n) is 4.05. The monoisotopic (exact) mass is 437 g/mol. The van der Waals surface area contributed by atoms with Gasteiger partial charge in [-0.3, -0.25) is 9.30 Å². The smallest absolute Gasteiger partial charge is 0.170 e. The fraction of sp³-hybridized carbons (Fsp3) is 0.435. The molecular weight excluding hydrogens is 409 g/mol. The molecule has 8 nitrogen and oxygen atoms in total. The molecule has 0 bridgehead atoms. The molecule has 32 heavy (non-hydrogen) atoms. The van der Waals surface area contributed by atoms with Gasteiger partial charge in [-0.1, -0.05) is 12.1 Å². The van der Waals surface area contributed by atoms with Crippen molar-refractivity contribution in [1.29, 1.82) is 0 Å². The zero-order valence-corrected chi connectivity index (χ0v) is 18.7. The van der Waals surface area contributed by atoms with Crippen LogP contribution in [0.1, 0.15) is 20.8 Å². The molecule has 0 aliphatic carbocycles. The van der Waals surface area contributed by atoms with E-state index in [0.29, 0.717) is 28.2 Å². The number of rotatable bonds is 5. The van der Waals surface area contributed by atoms with Gasteiger partial charge in [-0.2, -0.15) is 0 Å². The van der Waals surface area contributed by atoms with Crippen molar-refractivity contribution in [3.8, 4) is 11.3 Å². The lowest BCUT2D eigenvalue weighted by Crippen LogP contribution is -2.38. The Morgan fingerprint density at radius 2 is 1.81 bits per heavy atom. The van der Waals surface area contributed by atoms with Crippen LogP contribution in [0, 0.1) is 5.82 Å². The summed E-state index contributed by atoms with van der Waals surface area (Å²) in [6, 6.07) is 6.70. The topological polar surface area (TPSA) is 72.5 Å². The van der Waals surface area contributed by atoms with Crippen LogP contribution in [0.25, 0.3) is 28.1 Å². The van der Waals surface area contributed by atoms with E-state index in [0.717, 1.165) is 45.0 Å². The Morgan fingerprint density at radius 1 is 1.03 bits per heavy atom. The van der Waals surface area contributed by atoms with Crippen molar-refractivity contribution < 1.29 is 9.13 Å². The maximum Gasteiger partial charge on any atom is 0.170 e. The Bertz CT molecular complexity index is 1250. The summed E-state index contributed by atoms with van der Waals surface area (Å²) in [7, 11) is 0. The second-order valence-electron chi connectivity index (χ2n) is 9.17. The van der Waals surface area contributed by atoms with Crippen LogP contribution in [-0.4, -0.2) is 67.2 Å². The molecule has 1 N–H and O–H groups in total. The first-order chi connectivity index (χ1) is 15.4. The van der Waals surface area contributed by atoms with E-state index in [2.05, 4.69) is 40.5 Å². The molecule has 0 amide bonds. The molecule has 1 aliphatic heterocycles. The highest BCUT2D eigenvalue weighted by atomic mass is 19.1. The van der Waals surface area contributed by atoms with Gasteiger partial charge in [0.1, 0.15) is 23.7 Å². The Kier molecular flexibility index (Phi) is 5.30. The van der Waals surface area contributed by atoms with Crippen LogP contribution in [0.3, 0.4) is 0 Å². The number of aromatic nitrogens is 5. The summed E-state index contributed by atoms with van der Waals surface area (Å²) in [5.41, 5.74) is 2.89. The molecule has 9 heteroatoms. The van der Waals surface area contributed by atoms with Crippen LogP contribution in [0.15, 0.2) is 36.9 Å². The normalized spacial score (nSPS) is 15.6. The molecule has 1 fully saturated rings. The summed E-state index contributed by atoms with van der Waals surface area (Å²) in [5, 5.41) is 3.48. The van der Waals surface area contributed by atoms with Gasteiger partial charge in [0.15, 0.2) is 16.8 Å². The third kappa shape index (κ3) is 3.93. The minimum Gasteiger partial charge on any atom is -0.379 e. The van der Waals surface area contributed by atoms with Gasteiger partial charge in [0.25, 0.3) is 0 Å². The summed E-state index contributed by atoms with van der Waals surface area (Å²) < 4.78 is 24.0. The van der Waals surface area contributed by atoms with Gasteiger partial charge in [0.05, 0.1) is 19.5 Å². The summed E-state index contributed by atoms with van der Waals surface area (Å²) in [4.78, 5) is 16.5. The van der Waals surface area contributed by atoms with Crippen molar-refractivity contribution in [3.63, 3.8) is 0 Å². The van der Waals surface area contributed by atoms with Crippen molar-refractivity contribution in [1.82, 2.24) is 28.8 Å². The molecule has 1 saturated heterocycles. The average molecular weight is 438 g/mol. The summed E-state index contributed by atoms with van der Waals surface area (Å²) in [6.45, 7) is 11.3. The van der Waals surface area contributed by atoms with Gasteiger partial charge in [-0.15, -0.1) is 0 Å². The summed E-state index contributed by atoms with van der Waals surface area (Å²) in [5.74, 6) is 0.392. The summed E-state index contributed by atoms with van der Waals surface area (Å²) >= 11 is 0. The Hall–Kier alpha value is -3.04. The maximum absolute atomic E-state index is 14.7. The number of nitrogens with one attached hydrogen (secondary N) is 1. The van der Waals surface area contributed by atoms with E-state index in [9.17, 15) is 4.39 Å². The highest BCUT2D eigenvalue weighted by Crippen LogP contribution is 2.33. The third-order valence-corrected chi connectivity index (χ3v) is 5.61. The lowest BCUT2D eigenvalue weighted by molar-refractivity contribution is 0.0365. The average Bonchev–Trinajstić information content (AvgIpc) is 3.34. The number of nitrogens with zero attached hydrogens (tertiary/aromatic N) is 6. The highest BCUT2D eigenvalue weighted by Gasteiger charge is 2.23. The summed E-state index contributed by atoms with van der Waals surface area (Å²) in [6.07, 6.45) is 3.56. The fourth-order valence-corrected chi connectivity index (χ4v) is 4.05. The number of halogens is 1. The molecule has 1 aromatic carbocycles. The molecule has 5 rings (SSSR count). The standard InChI is InChI=1S/C23H28FN7O/c1-23(2,3)28-22-18(16-6-4-5-7-17(16)24)27-21-19-20(26-15-31(21)22)30(14-25-19)9-8-29-10-12-32-13-11-29/h4-7,14-15,28H,8-13H2,1-3H3. The lowest BCUT2D eigenvalue weighted by atomic mass is 10.1. The molecule has 1 aliphatic rings. The van der Waals surface area contributed by atoms with Gasteiger partial charge in [0, 0.05) is 37.3 Å². The molecule has 4 heterocycles. The first-order valence-electron chi connectivity index (χ1n) is 11.0. The SMILES string of the molecule is CC(C)(C)Nc1c(-c2ccccc2F)nc2c3ncn(CCN4CCOCC4)c3ncn12. The number of hydrogen-bond donors (Lipinski definition) is 1. The van der Waals surface area contributed by atoms with Crippen LogP contribution in [0.5, 0.6) is 0 Å². The van der Waals surface area contributed by atoms with E-state index in [-0.39, 0.29) is 11.4 Å². The van der Waals surface area contributed by atoms with E-state index in [1.54, 1.807) is 18.5 Å². The minimum atomic E-state index is -0.312. The van der Waals surface area contributed by atoms with E-state index in [1.165, 1.54) is 6.07 Å². The van der Waals surface area contributed by atoms with Crippen molar-refractivity contribution in [2.24, 2.45) is 0 Å².